The number of nitrogens with one attached hydrogen (secondary N) is 1. The van der Waals surface area contributed by atoms with Gasteiger partial charge in [0, 0.05) is 16.1 Å². The second-order valence-electron chi connectivity index (χ2n) is 7.93. The Morgan fingerprint density at radius 2 is 1.90 bits per heavy atom. The van der Waals surface area contributed by atoms with Crippen LogP contribution in [0.25, 0.3) is 6.08 Å². The first-order valence-electron chi connectivity index (χ1n) is 9.63. The highest BCUT2D eigenvalue weighted by Gasteiger charge is 2.24. The average Bonchev–Trinajstić information content (AvgIpc) is 2.70. The summed E-state index contributed by atoms with van der Waals surface area (Å²) >= 11 is 3.48. The van der Waals surface area contributed by atoms with Gasteiger partial charge in [0.2, 0.25) is 0 Å². The molecule has 0 heterocycles. The molecule has 0 saturated heterocycles. The Morgan fingerprint density at radius 3 is 2.52 bits per heavy atom. The Hall–Kier alpha value is -3.06. The number of rotatable bonds is 7. The molecule has 0 spiro atoms. The summed E-state index contributed by atoms with van der Waals surface area (Å²) < 4.78 is 5.92. The van der Waals surface area contributed by atoms with Crippen LogP contribution in [0.5, 0.6) is 11.5 Å². The molecule has 0 aliphatic rings. The number of phenols is 1. The second-order valence-corrected chi connectivity index (χ2v) is 8.79. The zero-order valence-corrected chi connectivity index (χ0v) is 19.7. The number of ether oxygens (including phenoxy) is 1. The number of phenolic OH excluding ortho intramolecular Hbond substituents is 1. The van der Waals surface area contributed by atoms with Crippen LogP contribution in [-0.2, 0) is 16.1 Å². The summed E-state index contributed by atoms with van der Waals surface area (Å²) in [7, 11) is 1.45. The molecule has 7 heteroatoms. The normalized spacial score (nSPS) is 11.3. The first-order valence-corrected chi connectivity index (χ1v) is 10.4. The molecule has 0 aromatic heterocycles. The van der Waals surface area contributed by atoms with Crippen LogP contribution in [0.2, 0.25) is 0 Å². The van der Waals surface area contributed by atoms with Crippen LogP contribution < -0.4 is 10.1 Å². The molecular formula is C24H27BrN2O4. The monoisotopic (exact) mass is 486 g/mol. The van der Waals surface area contributed by atoms with Gasteiger partial charge >= 0.3 is 0 Å². The van der Waals surface area contributed by atoms with Crippen LogP contribution in [0.4, 0.5) is 0 Å². The molecule has 0 aliphatic heterocycles. The minimum Gasteiger partial charge on any atom is -0.504 e. The lowest BCUT2D eigenvalue weighted by molar-refractivity contribution is -0.129. The topological polar surface area (TPSA) is 78.9 Å². The number of amides is 2. The number of benzene rings is 2. The van der Waals surface area contributed by atoms with E-state index in [2.05, 4.69) is 27.8 Å². The van der Waals surface area contributed by atoms with Crippen LogP contribution >= 0.6 is 15.9 Å². The SMILES string of the molecule is C=C(C(=O)NC(C)(C)C)N(Cc1ccccc1Br)C(=O)/C=C/c1ccc(O)c(OC)c1. The first kappa shape index (κ1) is 24.2. The van der Waals surface area contributed by atoms with Crippen molar-refractivity contribution in [1.82, 2.24) is 10.2 Å². The number of methoxy groups -OCH3 is 1. The van der Waals surface area contributed by atoms with Crippen molar-refractivity contribution >= 4 is 33.8 Å². The molecule has 31 heavy (non-hydrogen) atoms. The van der Waals surface area contributed by atoms with E-state index in [0.717, 1.165) is 10.0 Å². The fourth-order valence-corrected chi connectivity index (χ4v) is 3.10. The Kier molecular flexibility index (Phi) is 8.05. The van der Waals surface area contributed by atoms with E-state index in [1.165, 1.54) is 24.2 Å². The number of hydrogen-bond donors (Lipinski definition) is 2. The summed E-state index contributed by atoms with van der Waals surface area (Å²) in [6, 6.07) is 12.2. The van der Waals surface area contributed by atoms with Gasteiger partial charge in [-0.05, 0) is 56.2 Å². The molecule has 0 saturated carbocycles. The van der Waals surface area contributed by atoms with Gasteiger partial charge < -0.3 is 15.2 Å². The van der Waals surface area contributed by atoms with Crippen LogP contribution in [0.1, 0.15) is 31.9 Å². The average molecular weight is 487 g/mol. The van der Waals surface area contributed by atoms with Crippen LogP contribution in [-0.4, -0.2) is 34.5 Å². The fourth-order valence-electron chi connectivity index (χ4n) is 2.69. The molecule has 0 fully saturated rings. The maximum atomic E-state index is 13.1. The van der Waals surface area contributed by atoms with Crippen molar-refractivity contribution in [3.8, 4) is 11.5 Å². The molecule has 0 radical (unpaired) electrons. The molecule has 2 N–H and O–H groups in total. The Labute approximate surface area is 191 Å². The maximum absolute atomic E-state index is 13.1. The lowest BCUT2D eigenvalue weighted by Gasteiger charge is -2.27. The molecule has 2 aromatic rings. The standard InChI is InChI=1S/C24H27BrN2O4/c1-16(23(30)26-24(2,3)4)27(15-18-8-6-7-9-19(18)25)22(29)13-11-17-10-12-20(28)21(14-17)31-5/h6-14,28H,1,15H2,2-5H3,(H,26,30)/b13-11+. The highest BCUT2D eigenvalue weighted by molar-refractivity contribution is 9.10. The zero-order chi connectivity index (χ0) is 23.2. The van der Waals surface area contributed by atoms with Gasteiger partial charge in [-0.15, -0.1) is 0 Å². The van der Waals surface area contributed by atoms with E-state index >= 15 is 0 Å². The lowest BCUT2D eigenvalue weighted by atomic mass is 10.1. The van der Waals surface area contributed by atoms with Crippen molar-refractivity contribution in [1.29, 1.82) is 0 Å². The van der Waals surface area contributed by atoms with Crippen LogP contribution in [0.15, 0.2) is 65.3 Å². The summed E-state index contributed by atoms with van der Waals surface area (Å²) in [6.45, 7) is 9.61. The summed E-state index contributed by atoms with van der Waals surface area (Å²) in [5.74, 6) is -0.521. The van der Waals surface area contributed by atoms with Gasteiger partial charge in [-0.25, -0.2) is 0 Å². The highest BCUT2D eigenvalue weighted by atomic mass is 79.9. The number of carbonyl (C=O) groups is 2. The molecule has 0 unspecified atom stereocenters. The molecule has 0 bridgehead atoms. The number of carbonyl (C=O) groups excluding carboxylic acids is 2. The van der Waals surface area contributed by atoms with E-state index in [-0.39, 0.29) is 18.0 Å². The van der Waals surface area contributed by atoms with Crippen LogP contribution in [0, 0.1) is 0 Å². The van der Waals surface area contributed by atoms with E-state index in [1.54, 1.807) is 18.2 Å². The molecule has 6 nitrogen and oxygen atoms in total. The van der Waals surface area contributed by atoms with Crippen molar-refractivity contribution in [2.75, 3.05) is 7.11 Å². The van der Waals surface area contributed by atoms with Gasteiger partial charge in [0.15, 0.2) is 11.5 Å². The fraction of sp³-hybridized carbons (Fsp3) is 0.250. The third-order valence-corrected chi connectivity index (χ3v) is 5.02. The smallest absolute Gasteiger partial charge is 0.267 e. The molecule has 0 aliphatic carbocycles. The molecule has 164 valence electrons. The number of hydrogen-bond acceptors (Lipinski definition) is 4. The van der Waals surface area contributed by atoms with Crippen molar-refractivity contribution in [3.63, 3.8) is 0 Å². The van der Waals surface area contributed by atoms with Gasteiger partial charge in [0.1, 0.15) is 5.70 Å². The Bertz CT molecular complexity index is 1010. The zero-order valence-electron chi connectivity index (χ0n) is 18.1. The van der Waals surface area contributed by atoms with E-state index in [4.69, 9.17) is 4.74 Å². The van der Waals surface area contributed by atoms with Crippen molar-refractivity contribution in [2.45, 2.75) is 32.9 Å². The summed E-state index contributed by atoms with van der Waals surface area (Å²) in [5, 5.41) is 12.6. The third-order valence-electron chi connectivity index (χ3n) is 4.25. The van der Waals surface area contributed by atoms with E-state index in [0.29, 0.717) is 11.3 Å². The van der Waals surface area contributed by atoms with E-state index in [9.17, 15) is 14.7 Å². The summed E-state index contributed by atoms with van der Waals surface area (Å²) in [6.07, 6.45) is 2.95. The van der Waals surface area contributed by atoms with Crippen molar-refractivity contribution in [2.24, 2.45) is 0 Å². The predicted octanol–water partition coefficient (Wildman–Crippen LogP) is 4.63. The first-order chi connectivity index (χ1) is 14.5. The van der Waals surface area contributed by atoms with Crippen molar-refractivity contribution < 1.29 is 19.4 Å². The van der Waals surface area contributed by atoms with Gasteiger partial charge in [-0.1, -0.05) is 46.8 Å². The third kappa shape index (κ3) is 7.00. The molecule has 2 amide bonds. The quantitative estimate of drug-likeness (QED) is 0.559. The van der Waals surface area contributed by atoms with Crippen molar-refractivity contribution in [3.05, 3.63) is 76.4 Å². The Balaban J connectivity index is 2.32. The lowest BCUT2D eigenvalue weighted by Crippen LogP contribution is -2.45. The molecule has 0 atom stereocenters. The summed E-state index contributed by atoms with van der Waals surface area (Å²) in [4.78, 5) is 27.1. The number of halogens is 1. The molecular weight excluding hydrogens is 460 g/mol. The predicted molar refractivity (Wildman–Crippen MR) is 125 cm³/mol. The largest absolute Gasteiger partial charge is 0.504 e. The maximum Gasteiger partial charge on any atom is 0.267 e. The minimum absolute atomic E-state index is 0.00811. The highest BCUT2D eigenvalue weighted by Crippen LogP contribution is 2.27. The second kappa shape index (κ2) is 10.3. The van der Waals surface area contributed by atoms with Gasteiger partial charge in [-0.2, -0.15) is 0 Å². The number of nitrogens with zero attached hydrogens (tertiary/aromatic N) is 1. The van der Waals surface area contributed by atoms with Gasteiger partial charge in [0.25, 0.3) is 11.8 Å². The number of aromatic hydroxyl groups is 1. The van der Waals surface area contributed by atoms with Crippen LogP contribution in [0.3, 0.4) is 0 Å². The van der Waals surface area contributed by atoms with E-state index < -0.39 is 17.4 Å². The Morgan fingerprint density at radius 1 is 1.23 bits per heavy atom. The van der Waals surface area contributed by atoms with Gasteiger partial charge in [0.05, 0.1) is 13.7 Å². The molecule has 2 aromatic carbocycles. The minimum atomic E-state index is -0.472. The molecule has 2 rings (SSSR count). The summed E-state index contributed by atoms with van der Waals surface area (Å²) in [5.41, 5.74) is 1.07. The van der Waals surface area contributed by atoms with Gasteiger partial charge in [-0.3, -0.25) is 14.5 Å². The van der Waals surface area contributed by atoms with E-state index in [1.807, 2.05) is 45.0 Å².